The van der Waals surface area contributed by atoms with Crippen LogP contribution in [-0.4, -0.2) is 30.1 Å². The lowest BCUT2D eigenvalue weighted by molar-refractivity contribution is 0.0997. The van der Waals surface area contributed by atoms with Crippen LogP contribution in [0.2, 0.25) is 7.85 Å². The van der Waals surface area contributed by atoms with Crippen LogP contribution in [0.15, 0.2) is 30.5 Å². The smallest absolute Gasteiger partial charge is 0.319 e. The number of pyridine rings is 1. The number of fused-ring (bicyclic) bond motifs is 1. The largest absolute Gasteiger partial charge is 0.496 e. The van der Waals surface area contributed by atoms with Gasteiger partial charge in [-0.2, -0.15) is 0 Å². The highest BCUT2D eigenvalue weighted by Gasteiger charge is 2.25. The van der Waals surface area contributed by atoms with Crippen molar-refractivity contribution >= 4 is 40.1 Å². The SMILES string of the molecule is [2H]N(C(=O)N([2H])C1CC1)c1cc(F)c(Oc2ccnc3cc(OC)c(C(N)=O)cc23)c(F)c1Cl. The average molecular weight is 465 g/mol. The Balaban J connectivity index is 1.73. The lowest BCUT2D eigenvalue weighted by Gasteiger charge is -2.15. The maximum atomic E-state index is 15.0. The highest BCUT2D eigenvalue weighted by Crippen LogP contribution is 2.39. The number of nitrogens with zero attached hydrogens (tertiary/aromatic N) is 1. The zero-order valence-corrected chi connectivity index (χ0v) is 17.3. The van der Waals surface area contributed by atoms with Crippen LogP contribution in [0.5, 0.6) is 17.2 Å². The van der Waals surface area contributed by atoms with Gasteiger partial charge in [0.15, 0.2) is 20.2 Å². The molecule has 0 saturated heterocycles. The van der Waals surface area contributed by atoms with Crippen LogP contribution < -0.4 is 25.8 Å². The Morgan fingerprint density at radius 2 is 2.03 bits per heavy atom. The topological polar surface area (TPSA) is 116 Å². The molecular weight excluding hydrogens is 446 g/mol. The molecular formula is C21H17ClF2N4O4. The van der Waals surface area contributed by atoms with Gasteiger partial charge in [-0.3, -0.25) is 9.78 Å². The van der Waals surface area contributed by atoms with Crippen LogP contribution in [0, 0.1) is 11.6 Å². The lowest BCUT2D eigenvalue weighted by atomic mass is 10.1. The number of benzene rings is 2. The third kappa shape index (κ3) is 4.22. The Hall–Kier alpha value is -3.66. The molecule has 0 spiro atoms. The second kappa shape index (κ2) is 8.46. The first-order chi connectivity index (χ1) is 16.1. The van der Waals surface area contributed by atoms with Crippen LogP contribution in [0.25, 0.3) is 10.9 Å². The summed E-state index contributed by atoms with van der Waals surface area (Å²) in [6.45, 7) is 0. The van der Waals surface area contributed by atoms with Gasteiger partial charge in [-0.15, -0.1) is 0 Å². The fourth-order valence-electron chi connectivity index (χ4n) is 2.94. The number of rotatable bonds is 6. The molecule has 1 saturated carbocycles. The van der Waals surface area contributed by atoms with Crippen molar-refractivity contribution in [3.8, 4) is 17.2 Å². The highest BCUT2D eigenvalue weighted by atomic mass is 35.5. The van der Waals surface area contributed by atoms with E-state index in [4.69, 9.17) is 29.6 Å². The van der Waals surface area contributed by atoms with Gasteiger partial charge in [-0.05, 0) is 25.0 Å². The molecule has 1 fully saturated rings. The van der Waals surface area contributed by atoms with Crippen molar-refractivity contribution in [3.63, 3.8) is 0 Å². The van der Waals surface area contributed by atoms with Gasteiger partial charge in [0.05, 0.1) is 23.9 Å². The van der Waals surface area contributed by atoms with E-state index in [1.54, 1.807) is 0 Å². The third-order valence-electron chi connectivity index (χ3n) is 4.65. The summed E-state index contributed by atoms with van der Waals surface area (Å²) >= 11 is 5.99. The minimum absolute atomic E-state index is 0.00106. The summed E-state index contributed by atoms with van der Waals surface area (Å²) in [6, 6.07) is 3.25. The maximum Gasteiger partial charge on any atom is 0.319 e. The van der Waals surface area contributed by atoms with Crippen molar-refractivity contribution in [2.45, 2.75) is 18.9 Å². The van der Waals surface area contributed by atoms with E-state index in [0.29, 0.717) is 29.7 Å². The van der Waals surface area contributed by atoms with E-state index < -0.39 is 40.0 Å². The molecule has 0 atom stereocenters. The summed E-state index contributed by atoms with van der Waals surface area (Å²) in [7, 11) is 1.34. The van der Waals surface area contributed by atoms with Crippen molar-refractivity contribution in [3.05, 3.63) is 52.7 Å². The number of carbonyl (C=O) groups is 2. The number of hydrogen-bond donors (Lipinski definition) is 3. The molecule has 3 aromatic rings. The number of amides is 3. The zero-order valence-electron chi connectivity index (χ0n) is 18.6. The highest BCUT2D eigenvalue weighted by molar-refractivity contribution is 6.34. The van der Waals surface area contributed by atoms with Crippen molar-refractivity contribution in [1.82, 2.24) is 10.3 Å². The van der Waals surface area contributed by atoms with Crippen molar-refractivity contribution in [1.29, 1.82) is 0 Å². The van der Waals surface area contributed by atoms with E-state index in [-0.39, 0.29) is 33.8 Å². The summed E-state index contributed by atoms with van der Waals surface area (Å²) in [5.41, 5.74) is 5.08. The molecule has 0 bridgehead atoms. The number of methoxy groups -OCH3 is 1. The molecule has 166 valence electrons. The molecule has 8 nitrogen and oxygen atoms in total. The number of halogens is 3. The first-order valence-electron chi connectivity index (χ1n) is 10.3. The van der Waals surface area contributed by atoms with Gasteiger partial charge in [0.2, 0.25) is 0 Å². The average Bonchev–Trinajstić information content (AvgIpc) is 3.67. The van der Waals surface area contributed by atoms with Gasteiger partial charge in [-0.25, -0.2) is 13.6 Å². The molecule has 3 amide bonds. The second-order valence-electron chi connectivity index (χ2n) is 6.93. The minimum Gasteiger partial charge on any atom is -0.496 e. The van der Waals surface area contributed by atoms with Gasteiger partial charge < -0.3 is 25.8 Å². The van der Waals surface area contributed by atoms with E-state index in [1.807, 2.05) is 0 Å². The van der Waals surface area contributed by atoms with E-state index >= 15 is 4.39 Å². The van der Waals surface area contributed by atoms with Gasteiger partial charge in [0, 0.05) is 29.8 Å². The summed E-state index contributed by atoms with van der Waals surface area (Å²) in [5, 5.41) is 0.179. The van der Waals surface area contributed by atoms with Crippen molar-refractivity contribution < 1.29 is 30.7 Å². The van der Waals surface area contributed by atoms with E-state index in [9.17, 15) is 14.0 Å². The van der Waals surface area contributed by atoms with Crippen LogP contribution >= 0.6 is 11.6 Å². The summed E-state index contributed by atoms with van der Waals surface area (Å²) in [4.78, 5) is 28.2. The molecule has 0 aliphatic heterocycles. The number of aromatic nitrogens is 1. The van der Waals surface area contributed by atoms with Gasteiger partial charge >= 0.3 is 6.03 Å². The Morgan fingerprint density at radius 1 is 1.28 bits per heavy atom. The van der Waals surface area contributed by atoms with Crippen LogP contribution in [-0.2, 0) is 0 Å². The molecule has 32 heavy (non-hydrogen) atoms. The molecule has 1 aliphatic rings. The fraction of sp³-hybridized carbons (Fsp3) is 0.190. The number of ether oxygens (including phenoxy) is 2. The number of anilines is 1. The predicted octanol–water partition coefficient (Wildman–Crippen LogP) is 4.35. The number of urea groups is 1. The molecule has 0 radical (unpaired) electrons. The number of nitrogens with two attached hydrogens (primary N) is 1. The van der Waals surface area contributed by atoms with E-state index in [0.717, 1.165) is 0 Å². The molecule has 4 N–H and O–H groups in total. The van der Waals surface area contributed by atoms with Gasteiger partial charge in [0.25, 0.3) is 5.91 Å². The Kier molecular flexibility index (Phi) is 5.04. The molecule has 4 rings (SSSR count). The Labute approximate surface area is 188 Å². The normalized spacial score (nSPS) is 13.9. The standard InChI is InChI=1S/C21H17ClF2N4O4/c1-31-16-8-13-10(6-11(16)20(25)29)15(4-5-26-13)32-19-12(23)7-14(17(22)18(19)24)28-21(30)27-9-2-3-9/h4-9H,2-3H2,1H3,(H2,25,29)(H2,27,28,30)/i/hD2. The molecule has 1 heterocycles. The fourth-order valence-corrected chi connectivity index (χ4v) is 3.12. The lowest BCUT2D eigenvalue weighted by Crippen LogP contribution is -2.30. The predicted molar refractivity (Wildman–Crippen MR) is 113 cm³/mol. The van der Waals surface area contributed by atoms with E-state index in [1.165, 1.54) is 31.5 Å². The summed E-state index contributed by atoms with van der Waals surface area (Å²) in [6.07, 6.45) is 2.53. The molecule has 2 aromatic carbocycles. The molecule has 1 aliphatic carbocycles. The van der Waals surface area contributed by atoms with E-state index in [2.05, 4.69) is 4.98 Å². The maximum absolute atomic E-state index is 15.0. The Morgan fingerprint density at radius 3 is 2.69 bits per heavy atom. The molecule has 0 unspecified atom stereocenters. The minimum atomic E-state index is -1.36. The third-order valence-corrected chi connectivity index (χ3v) is 5.01. The van der Waals surface area contributed by atoms with Crippen molar-refractivity contribution in [2.75, 3.05) is 12.4 Å². The number of hydrogen-bond acceptors (Lipinski definition) is 5. The summed E-state index contributed by atoms with van der Waals surface area (Å²) in [5.74, 6) is -4.22. The quantitative estimate of drug-likeness (QED) is 0.469. The molecule has 1 aromatic heterocycles. The summed E-state index contributed by atoms with van der Waals surface area (Å²) < 4.78 is 56.1. The number of nitrogens with one attached hydrogen (secondary N) is 2. The Bertz CT molecular complexity index is 1330. The first kappa shape index (κ1) is 19.1. The number of primary amides is 1. The number of carbonyl (C=O) groups excluding carboxylic acids is 2. The van der Waals surface area contributed by atoms with Gasteiger partial charge in [-0.1, -0.05) is 11.6 Å². The second-order valence-corrected chi connectivity index (χ2v) is 7.31. The molecule has 11 heteroatoms. The van der Waals surface area contributed by atoms with Crippen LogP contribution in [0.4, 0.5) is 19.3 Å². The van der Waals surface area contributed by atoms with Crippen LogP contribution in [0.3, 0.4) is 0 Å². The van der Waals surface area contributed by atoms with Crippen LogP contribution in [0.1, 0.15) is 23.2 Å². The van der Waals surface area contributed by atoms with Crippen molar-refractivity contribution in [2.24, 2.45) is 5.73 Å². The zero-order chi connectivity index (χ0) is 24.7. The first-order valence-corrected chi connectivity index (χ1v) is 9.74. The monoisotopic (exact) mass is 464 g/mol. The van der Waals surface area contributed by atoms with Gasteiger partial charge in [0.1, 0.15) is 16.5 Å².